The van der Waals surface area contributed by atoms with Crippen LogP contribution in [0.3, 0.4) is 0 Å². The number of rotatable bonds is 7. The molecular formula is C26H38N2O6Si. The molecule has 1 aromatic rings. The number of carboxylic acid groups (broad SMARTS) is 1. The average Bonchev–Trinajstić information content (AvgIpc) is 3.17. The molecule has 0 bridgehead atoms. The van der Waals surface area contributed by atoms with Crippen molar-refractivity contribution in [2.75, 3.05) is 12.0 Å². The maximum absolute atomic E-state index is 13.6. The van der Waals surface area contributed by atoms with E-state index in [1.807, 2.05) is 19.1 Å². The highest BCUT2D eigenvalue weighted by Crippen LogP contribution is 2.47. The van der Waals surface area contributed by atoms with Crippen molar-refractivity contribution in [3.8, 4) is 11.5 Å². The number of anilines is 1. The van der Waals surface area contributed by atoms with Crippen LogP contribution in [0.2, 0.25) is 16.6 Å². The van der Waals surface area contributed by atoms with Gasteiger partial charge in [-0.3, -0.25) is 4.79 Å². The van der Waals surface area contributed by atoms with Gasteiger partial charge in [-0.15, -0.1) is 0 Å². The second kappa shape index (κ2) is 10.1. The number of aliphatic hydroxyl groups excluding tert-OH is 1. The van der Waals surface area contributed by atoms with E-state index in [2.05, 4.69) is 41.5 Å². The number of ether oxygens (including phenoxy) is 1. The van der Waals surface area contributed by atoms with Crippen LogP contribution in [0.4, 0.5) is 10.5 Å². The fourth-order valence-electron chi connectivity index (χ4n) is 5.82. The molecule has 0 saturated heterocycles. The summed E-state index contributed by atoms with van der Waals surface area (Å²) in [6.07, 6.45) is 2.94. The minimum Gasteiger partial charge on any atom is -0.540 e. The number of fused-ring (bicyclic) bond motifs is 2. The van der Waals surface area contributed by atoms with Crippen LogP contribution in [0.5, 0.6) is 11.5 Å². The van der Waals surface area contributed by atoms with Crippen LogP contribution < -0.4 is 14.1 Å². The number of nitrogens with zero attached hydrogens (tertiary/aromatic N) is 2. The maximum Gasteiger partial charge on any atom is 0.414 e. The summed E-state index contributed by atoms with van der Waals surface area (Å²) in [5, 5.41) is 21.3. The second-order valence-electron chi connectivity index (χ2n) is 10.2. The highest BCUT2D eigenvalue weighted by Gasteiger charge is 2.49. The molecule has 1 aromatic carbocycles. The summed E-state index contributed by atoms with van der Waals surface area (Å²) >= 11 is 0. The molecule has 0 spiro atoms. The van der Waals surface area contributed by atoms with Crippen molar-refractivity contribution in [3.05, 3.63) is 41.6 Å². The molecule has 0 aliphatic carbocycles. The topological polar surface area (TPSA) is 99.5 Å². The van der Waals surface area contributed by atoms with Gasteiger partial charge in [0.1, 0.15) is 5.75 Å². The molecule has 2 heterocycles. The Hall–Kier alpha value is -2.78. The normalized spacial score (nSPS) is 20.5. The highest BCUT2D eigenvalue weighted by molar-refractivity contribution is 6.78. The molecule has 0 fully saturated rings. The number of aliphatic hydroxyl groups is 1. The first-order valence-electron chi connectivity index (χ1n) is 12.2. The van der Waals surface area contributed by atoms with Gasteiger partial charge in [-0.1, -0.05) is 53.7 Å². The van der Waals surface area contributed by atoms with Crippen LogP contribution in [0, 0.1) is 0 Å². The summed E-state index contributed by atoms with van der Waals surface area (Å²) in [6.45, 7) is 14.8. The Balaban J connectivity index is 2.23. The number of carbonyl (C=O) groups is 2. The Bertz CT molecular complexity index is 1030. The summed E-state index contributed by atoms with van der Waals surface area (Å²) in [5.74, 6) is 0.371. The van der Waals surface area contributed by atoms with Gasteiger partial charge >= 0.3 is 6.09 Å². The van der Waals surface area contributed by atoms with E-state index in [4.69, 9.17) is 9.16 Å². The molecule has 35 heavy (non-hydrogen) atoms. The zero-order chi connectivity index (χ0) is 26.2. The molecule has 3 rings (SSSR count). The van der Waals surface area contributed by atoms with Gasteiger partial charge in [0.15, 0.2) is 12.0 Å². The lowest BCUT2D eigenvalue weighted by atomic mass is 10.1. The SMILES string of the molecule is C/C=C/C1=CN2C(=O)c3cc(OC)c(O[Si](C(C)C)(C(C)C)C(C)C)cc3N(C(=O)O)C(O)C2C1. The molecule has 2 unspecified atom stereocenters. The van der Waals surface area contributed by atoms with Gasteiger partial charge in [-0.05, 0) is 41.6 Å². The first-order chi connectivity index (χ1) is 16.4. The van der Waals surface area contributed by atoms with Gasteiger partial charge in [0.2, 0.25) is 0 Å². The van der Waals surface area contributed by atoms with Crippen molar-refractivity contribution < 1.29 is 29.0 Å². The number of benzene rings is 1. The van der Waals surface area contributed by atoms with Crippen LogP contribution in [0.25, 0.3) is 0 Å². The second-order valence-corrected chi connectivity index (χ2v) is 15.6. The van der Waals surface area contributed by atoms with E-state index in [-0.39, 0.29) is 27.9 Å². The van der Waals surface area contributed by atoms with Crippen LogP contribution in [0.15, 0.2) is 36.1 Å². The van der Waals surface area contributed by atoms with Crippen LogP contribution in [-0.2, 0) is 0 Å². The van der Waals surface area contributed by atoms with Gasteiger partial charge in [0.25, 0.3) is 14.2 Å². The molecule has 0 radical (unpaired) electrons. The van der Waals surface area contributed by atoms with Crippen molar-refractivity contribution in [3.63, 3.8) is 0 Å². The molecule has 2 aliphatic heterocycles. The summed E-state index contributed by atoms with van der Waals surface area (Å²) in [7, 11) is -0.913. The van der Waals surface area contributed by atoms with Crippen molar-refractivity contribution in [1.29, 1.82) is 0 Å². The van der Waals surface area contributed by atoms with E-state index in [0.29, 0.717) is 17.9 Å². The number of hydrogen-bond donors (Lipinski definition) is 2. The molecule has 192 valence electrons. The third-order valence-electron chi connectivity index (χ3n) is 7.30. The molecule has 8 nitrogen and oxygen atoms in total. The summed E-state index contributed by atoms with van der Waals surface area (Å²) < 4.78 is 12.5. The number of hydrogen-bond acceptors (Lipinski definition) is 5. The number of allylic oxidation sites excluding steroid dienone is 2. The van der Waals surface area contributed by atoms with E-state index in [1.54, 1.807) is 18.3 Å². The van der Waals surface area contributed by atoms with E-state index in [9.17, 15) is 19.8 Å². The first kappa shape index (κ1) is 26.8. The lowest BCUT2D eigenvalue weighted by Crippen LogP contribution is -2.51. The fraction of sp³-hybridized carbons (Fsp3) is 0.538. The minimum absolute atomic E-state index is 0.0975. The largest absolute Gasteiger partial charge is 0.540 e. The Morgan fingerprint density at radius 1 is 1.11 bits per heavy atom. The van der Waals surface area contributed by atoms with E-state index in [0.717, 1.165) is 10.5 Å². The monoisotopic (exact) mass is 502 g/mol. The van der Waals surface area contributed by atoms with Gasteiger partial charge < -0.3 is 24.3 Å². The van der Waals surface area contributed by atoms with Crippen LogP contribution >= 0.6 is 0 Å². The van der Waals surface area contributed by atoms with E-state index >= 15 is 0 Å². The molecule has 2 N–H and O–H groups in total. The zero-order valence-electron chi connectivity index (χ0n) is 21.9. The first-order valence-corrected chi connectivity index (χ1v) is 14.3. The smallest absolute Gasteiger partial charge is 0.414 e. The van der Waals surface area contributed by atoms with Crippen LogP contribution in [0.1, 0.15) is 65.2 Å². The van der Waals surface area contributed by atoms with Crippen molar-refractivity contribution >= 4 is 26.0 Å². The lowest BCUT2D eigenvalue weighted by molar-refractivity contribution is 0.0573. The number of methoxy groups -OCH3 is 1. The fourth-order valence-corrected chi connectivity index (χ4v) is 11.1. The van der Waals surface area contributed by atoms with Crippen LogP contribution in [-0.4, -0.2) is 54.8 Å². The molecule has 0 saturated carbocycles. The third-order valence-corrected chi connectivity index (χ3v) is 13.3. The predicted molar refractivity (Wildman–Crippen MR) is 139 cm³/mol. The van der Waals surface area contributed by atoms with Crippen molar-refractivity contribution in [2.45, 2.75) is 83.8 Å². The number of amides is 2. The Morgan fingerprint density at radius 2 is 1.71 bits per heavy atom. The van der Waals surface area contributed by atoms with E-state index < -0.39 is 32.6 Å². The van der Waals surface area contributed by atoms with Gasteiger partial charge in [-0.25, -0.2) is 9.69 Å². The standard InChI is InChI=1S/C26H38N2O6Si/c1-9-10-18-11-21-25(30)28(26(31)32)20-13-23(34-35(15(2)3,16(4)5)17(6)7)22(33-8)12-19(20)24(29)27(21)14-18/h9-10,12-17,21,25,30H,11H2,1-8H3,(H,31,32)/b10-9+. The van der Waals surface area contributed by atoms with Gasteiger partial charge in [0.05, 0.1) is 24.4 Å². The Labute approximate surface area is 209 Å². The molecular weight excluding hydrogens is 464 g/mol. The molecule has 0 aromatic heterocycles. The summed E-state index contributed by atoms with van der Waals surface area (Å²) in [4.78, 5) is 28.3. The predicted octanol–water partition coefficient (Wildman–Crippen LogP) is 5.74. The maximum atomic E-state index is 13.6. The molecule has 2 aliphatic rings. The van der Waals surface area contributed by atoms with Gasteiger partial charge in [-0.2, -0.15) is 0 Å². The highest BCUT2D eigenvalue weighted by atomic mass is 28.4. The van der Waals surface area contributed by atoms with Gasteiger partial charge in [0, 0.05) is 12.3 Å². The number of carbonyl (C=O) groups excluding carboxylic acids is 1. The molecule has 9 heteroatoms. The average molecular weight is 503 g/mol. The van der Waals surface area contributed by atoms with Crippen molar-refractivity contribution in [2.24, 2.45) is 0 Å². The summed E-state index contributed by atoms with van der Waals surface area (Å²) in [6, 6.07) is 2.36. The van der Waals surface area contributed by atoms with Crippen molar-refractivity contribution in [1.82, 2.24) is 4.90 Å². The Kier molecular flexibility index (Phi) is 7.71. The lowest BCUT2D eigenvalue weighted by Gasteiger charge is -2.42. The third kappa shape index (κ3) is 4.47. The molecule has 2 amide bonds. The van der Waals surface area contributed by atoms with E-state index in [1.165, 1.54) is 12.0 Å². The molecule has 2 atom stereocenters. The minimum atomic E-state index is -2.42. The summed E-state index contributed by atoms with van der Waals surface area (Å²) in [5.41, 5.74) is 1.90. The quantitative estimate of drug-likeness (QED) is 0.461. The zero-order valence-corrected chi connectivity index (χ0v) is 22.9. The Morgan fingerprint density at radius 3 is 2.20 bits per heavy atom.